The zero-order chi connectivity index (χ0) is 20.5. The maximum atomic E-state index is 13.2. The molecule has 0 saturated heterocycles. The van der Waals surface area contributed by atoms with Crippen molar-refractivity contribution in [1.29, 1.82) is 0 Å². The lowest BCUT2D eigenvalue weighted by atomic mass is 9.95. The van der Waals surface area contributed by atoms with Crippen molar-refractivity contribution in [2.45, 2.75) is 51.1 Å². The van der Waals surface area contributed by atoms with E-state index in [0.717, 1.165) is 49.9 Å². The Hall–Kier alpha value is -3.07. The fraction of sp³-hybridized carbons (Fsp3) is 0.381. The largest absolute Gasteiger partial charge is 0.345 e. The summed E-state index contributed by atoms with van der Waals surface area (Å²) in [5.41, 5.74) is 2.12. The van der Waals surface area contributed by atoms with Crippen LogP contribution in [0, 0.1) is 0 Å². The van der Waals surface area contributed by atoms with E-state index in [1.54, 1.807) is 24.7 Å². The van der Waals surface area contributed by atoms with Gasteiger partial charge in [-0.15, -0.1) is 21.5 Å². The van der Waals surface area contributed by atoms with Gasteiger partial charge in [-0.25, -0.2) is 0 Å². The Balaban J connectivity index is 1.38. The minimum absolute atomic E-state index is 0.179. The van der Waals surface area contributed by atoms with Crippen LogP contribution in [0.5, 0.6) is 0 Å². The summed E-state index contributed by atoms with van der Waals surface area (Å²) < 4.78 is 2.04. The van der Waals surface area contributed by atoms with Crippen molar-refractivity contribution in [2.75, 3.05) is 5.32 Å². The van der Waals surface area contributed by atoms with Gasteiger partial charge in [0.1, 0.15) is 11.3 Å². The van der Waals surface area contributed by atoms with Crippen LogP contribution in [0.25, 0.3) is 0 Å². The van der Waals surface area contributed by atoms with Crippen molar-refractivity contribution in [3.63, 3.8) is 0 Å². The summed E-state index contributed by atoms with van der Waals surface area (Å²) in [5, 5.41) is 14.7. The van der Waals surface area contributed by atoms with Gasteiger partial charge in [0, 0.05) is 23.3 Å². The molecule has 0 unspecified atom stereocenters. The van der Waals surface area contributed by atoms with E-state index in [-0.39, 0.29) is 11.8 Å². The quantitative estimate of drug-likeness (QED) is 0.635. The van der Waals surface area contributed by atoms with E-state index in [4.69, 9.17) is 0 Å². The Kier molecular flexibility index (Phi) is 5.04. The molecule has 0 spiro atoms. The first-order valence-electron chi connectivity index (χ1n) is 10.2. The average molecular weight is 423 g/mol. The number of nitrogens with one attached hydrogen (secondary N) is 2. The second-order valence-electron chi connectivity index (χ2n) is 7.68. The van der Waals surface area contributed by atoms with E-state index in [1.165, 1.54) is 22.4 Å². The standard InChI is InChI=1S/C21H22N6O2S/c28-19(13-4-3-9-22-10-13)25-21-18(15-5-1-2-6-16(15)30-21)20(29)23-11-17-26-24-12-27(17)14-7-8-14/h3-4,9-10,12,14H,1-2,5-8,11H2,(H,23,29)(H,25,28). The minimum Gasteiger partial charge on any atom is -0.345 e. The summed E-state index contributed by atoms with van der Waals surface area (Å²) in [6.07, 6.45) is 11.1. The van der Waals surface area contributed by atoms with Crippen LogP contribution >= 0.6 is 11.3 Å². The number of aryl methyl sites for hydroxylation is 1. The van der Waals surface area contributed by atoms with Crippen LogP contribution < -0.4 is 10.6 Å². The highest BCUT2D eigenvalue weighted by Gasteiger charge is 2.28. The first kappa shape index (κ1) is 18.9. The Morgan fingerprint density at radius 3 is 2.87 bits per heavy atom. The zero-order valence-corrected chi connectivity index (χ0v) is 17.2. The summed E-state index contributed by atoms with van der Waals surface area (Å²) in [7, 11) is 0. The smallest absolute Gasteiger partial charge is 0.257 e. The minimum atomic E-state index is -0.260. The molecule has 1 saturated carbocycles. The van der Waals surface area contributed by atoms with Crippen LogP contribution in [0.3, 0.4) is 0 Å². The van der Waals surface area contributed by atoms with Crippen molar-refractivity contribution in [1.82, 2.24) is 25.1 Å². The summed E-state index contributed by atoms with van der Waals surface area (Å²) in [6, 6.07) is 3.88. The second-order valence-corrected chi connectivity index (χ2v) is 8.78. The number of pyridine rings is 1. The number of hydrogen-bond acceptors (Lipinski definition) is 6. The van der Waals surface area contributed by atoms with E-state index < -0.39 is 0 Å². The third kappa shape index (κ3) is 3.72. The number of amides is 2. The molecule has 5 rings (SSSR count). The molecule has 0 radical (unpaired) electrons. The molecule has 2 aliphatic rings. The van der Waals surface area contributed by atoms with Gasteiger partial charge in [0.25, 0.3) is 11.8 Å². The molecular weight excluding hydrogens is 400 g/mol. The van der Waals surface area contributed by atoms with Crippen LogP contribution in [0.4, 0.5) is 5.00 Å². The van der Waals surface area contributed by atoms with Gasteiger partial charge in [-0.1, -0.05) is 0 Å². The van der Waals surface area contributed by atoms with E-state index in [2.05, 4.69) is 25.8 Å². The molecular formula is C21H22N6O2S. The van der Waals surface area contributed by atoms with Crippen molar-refractivity contribution in [3.05, 3.63) is 58.2 Å². The molecule has 0 atom stereocenters. The number of anilines is 1. The molecule has 30 heavy (non-hydrogen) atoms. The third-order valence-corrected chi connectivity index (χ3v) is 6.75. The van der Waals surface area contributed by atoms with Crippen LogP contribution in [-0.4, -0.2) is 31.6 Å². The molecule has 3 aromatic heterocycles. The number of nitrogens with zero attached hydrogens (tertiary/aromatic N) is 4. The van der Waals surface area contributed by atoms with Gasteiger partial charge in [-0.2, -0.15) is 0 Å². The second kappa shape index (κ2) is 7.98. The van der Waals surface area contributed by atoms with Crippen LogP contribution in [0.1, 0.15) is 68.7 Å². The van der Waals surface area contributed by atoms with Crippen LogP contribution in [0.15, 0.2) is 30.9 Å². The van der Waals surface area contributed by atoms with E-state index in [9.17, 15) is 9.59 Å². The topological polar surface area (TPSA) is 102 Å². The van der Waals surface area contributed by atoms with Crippen molar-refractivity contribution in [3.8, 4) is 0 Å². The Morgan fingerprint density at radius 1 is 1.20 bits per heavy atom. The summed E-state index contributed by atoms with van der Waals surface area (Å²) in [4.78, 5) is 31.1. The number of carbonyl (C=O) groups excluding carboxylic acids is 2. The normalized spacial score (nSPS) is 15.5. The van der Waals surface area contributed by atoms with Gasteiger partial charge in [0.05, 0.1) is 17.7 Å². The molecule has 0 aromatic carbocycles. The number of carbonyl (C=O) groups is 2. The molecule has 3 aromatic rings. The molecule has 9 heteroatoms. The molecule has 3 heterocycles. The van der Waals surface area contributed by atoms with Crippen molar-refractivity contribution >= 4 is 28.2 Å². The van der Waals surface area contributed by atoms with E-state index in [0.29, 0.717) is 28.7 Å². The molecule has 154 valence electrons. The highest BCUT2D eigenvalue weighted by molar-refractivity contribution is 7.17. The predicted molar refractivity (Wildman–Crippen MR) is 113 cm³/mol. The maximum absolute atomic E-state index is 13.2. The molecule has 0 bridgehead atoms. The van der Waals surface area contributed by atoms with Gasteiger partial charge >= 0.3 is 0 Å². The number of rotatable bonds is 6. The zero-order valence-electron chi connectivity index (χ0n) is 16.4. The molecule has 2 aliphatic carbocycles. The van der Waals surface area contributed by atoms with Gasteiger partial charge in [0.15, 0.2) is 5.82 Å². The molecule has 1 fully saturated rings. The summed E-state index contributed by atoms with van der Waals surface area (Å²) in [6.45, 7) is 0.315. The van der Waals surface area contributed by atoms with E-state index >= 15 is 0 Å². The number of hydrogen-bond donors (Lipinski definition) is 2. The number of aromatic nitrogens is 4. The Bertz CT molecular complexity index is 1090. The molecule has 0 aliphatic heterocycles. The Morgan fingerprint density at radius 2 is 2.07 bits per heavy atom. The SMILES string of the molecule is O=C(Nc1sc2c(c1C(=O)NCc1nncn1C1CC1)CCCC2)c1cccnc1. The van der Waals surface area contributed by atoms with Crippen LogP contribution in [0.2, 0.25) is 0 Å². The summed E-state index contributed by atoms with van der Waals surface area (Å²) >= 11 is 1.51. The Labute approximate surface area is 177 Å². The summed E-state index contributed by atoms with van der Waals surface area (Å²) in [5.74, 6) is 0.321. The predicted octanol–water partition coefficient (Wildman–Crippen LogP) is 3.13. The monoisotopic (exact) mass is 422 g/mol. The van der Waals surface area contributed by atoms with Crippen LogP contribution in [-0.2, 0) is 19.4 Å². The fourth-order valence-electron chi connectivity index (χ4n) is 3.86. The van der Waals surface area contributed by atoms with Gasteiger partial charge in [-0.05, 0) is 56.2 Å². The van der Waals surface area contributed by atoms with Gasteiger partial charge in [-0.3, -0.25) is 14.6 Å². The fourth-order valence-corrected chi connectivity index (χ4v) is 5.15. The number of fused-ring (bicyclic) bond motifs is 1. The first-order chi connectivity index (χ1) is 14.7. The average Bonchev–Trinajstić information content (AvgIpc) is 3.39. The third-order valence-electron chi connectivity index (χ3n) is 5.54. The van der Waals surface area contributed by atoms with Gasteiger partial charge in [0.2, 0.25) is 0 Å². The molecule has 2 N–H and O–H groups in total. The highest BCUT2D eigenvalue weighted by Crippen LogP contribution is 2.38. The maximum Gasteiger partial charge on any atom is 0.257 e. The van der Waals surface area contributed by atoms with E-state index in [1.807, 2.05) is 4.57 Å². The van der Waals surface area contributed by atoms with Crippen molar-refractivity contribution in [2.24, 2.45) is 0 Å². The lowest BCUT2D eigenvalue weighted by Gasteiger charge is -2.13. The highest BCUT2D eigenvalue weighted by atomic mass is 32.1. The van der Waals surface area contributed by atoms with Gasteiger partial charge < -0.3 is 15.2 Å². The lowest BCUT2D eigenvalue weighted by Crippen LogP contribution is -2.27. The first-order valence-corrected chi connectivity index (χ1v) is 11.0. The lowest BCUT2D eigenvalue weighted by molar-refractivity contribution is 0.0949. The molecule has 2 amide bonds. The van der Waals surface area contributed by atoms with Crippen molar-refractivity contribution < 1.29 is 9.59 Å². The number of thiophene rings is 1. The molecule has 8 nitrogen and oxygen atoms in total.